The summed E-state index contributed by atoms with van der Waals surface area (Å²) < 4.78 is 5.74. The van der Waals surface area contributed by atoms with Crippen molar-refractivity contribution in [2.45, 2.75) is 20.3 Å². The number of nitrogens with zero attached hydrogens (tertiary/aromatic N) is 2. The predicted octanol–water partition coefficient (Wildman–Crippen LogP) is 2.96. The van der Waals surface area contributed by atoms with Crippen molar-refractivity contribution in [1.82, 2.24) is 15.2 Å². The summed E-state index contributed by atoms with van der Waals surface area (Å²) >= 11 is 0. The number of carbonyl (C=O) groups excluding carboxylic acids is 1. The lowest BCUT2D eigenvalue weighted by molar-refractivity contribution is 0.206. The van der Waals surface area contributed by atoms with Gasteiger partial charge in [0.2, 0.25) is 0 Å². The lowest BCUT2D eigenvalue weighted by Gasteiger charge is -2.18. The number of benzene rings is 1. The molecule has 0 aliphatic carbocycles. The van der Waals surface area contributed by atoms with Gasteiger partial charge in [-0.3, -0.25) is 4.98 Å². The van der Waals surface area contributed by atoms with Gasteiger partial charge >= 0.3 is 6.03 Å². The van der Waals surface area contributed by atoms with E-state index < -0.39 is 0 Å². The first-order chi connectivity index (χ1) is 11.6. The van der Waals surface area contributed by atoms with Crippen molar-refractivity contribution >= 4 is 6.03 Å². The van der Waals surface area contributed by atoms with E-state index in [0.29, 0.717) is 19.7 Å². The molecule has 2 amide bonds. The van der Waals surface area contributed by atoms with Crippen LogP contribution in [0.2, 0.25) is 0 Å². The summed E-state index contributed by atoms with van der Waals surface area (Å²) in [5.41, 5.74) is 3.51. The molecule has 0 bridgehead atoms. The number of pyridine rings is 1. The van der Waals surface area contributed by atoms with Gasteiger partial charge < -0.3 is 15.0 Å². The molecule has 0 atom stereocenters. The van der Waals surface area contributed by atoms with Crippen LogP contribution in [0.15, 0.2) is 42.7 Å². The molecule has 0 unspecified atom stereocenters. The predicted molar refractivity (Wildman–Crippen MR) is 95.4 cm³/mol. The topological polar surface area (TPSA) is 54.5 Å². The Morgan fingerprint density at radius 3 is 2.71 bits per heavy atom. The fraction of sp³-hybridized carbons (Fsp3) is 0.368. The second kappa shape index (κ2) is 8.91. The molecular formula is C19H25N3O2. The van der Waals surface area contributed by atoms with Crippen LogP contribution in [0.3, 0.4) is 0 Å². The molecule has 5 heteroatoms. The fourth-order valence-corrected chi connectivity index (χ4v) is 2.28. The molecule has 128 valence electrons. The van der Waals surface area contributed by atoms with Crippen molar-refractivity contribution in [3.05, 3.63) is 59.4 Å². The molecule has 5 nitrogen and oxygen atoms in total. The molecule has 2 aromatic rings. The van der Waals surface area contributed by atoms with E-state index in [0.717, 1.165) is 17.7 Å². The number of rotatable bonds is 7. The molecule has 0 radical (unpaired) electrons. The van der Waals surface area contributed by atoms with E-state index in [4.69, 9.17) is 4.74 Å². The van der Waals surface area contributed by atoms with Crippen LogP contribution in [0.1, 0.15) is 16.7 Å². The summed E-state index contributed by atoms with van der Waals surface area (Å²) in [5.74, 6) is 0.871. The van der Waals surface area contributed by atoms with Gasteiger partial charge in [0.25, 0.3) is 0 Å². The Labute approximate surface area is 143 Å². The standard InChI is InChI=1S/C19H25N3O2/c1-15-5-4-6-18(16(15)2)24-14-12-21-19(23)22(3)13-9-17-7-10-20-11-8-17/h4-8,10-11H,9,12-14H2,1-3H3,(H,21,23). The van der Waals surface area contributed by atoms with Crippen LogP contribution < -0.4 is 10.1 Å². The number of aryl methyl sites for hydroxylation is 1. The van der Waals surface area contributed by atoms with Crippen LogP contribution in [0.4, 0.5) is 4.79 Å². The Kier molecular flexibility index (Phi) is 6.61. The van der Waals surface area contributed by atoms with Crippen molar-refractivity contribution in [3.8, 4) is 5.75 Å². The van der Waals surface area contributed by atoms with Crippen LogP contribution in [0.25, 0.3) is 0 Å². The second-order valence-electron chi connectivity index (χ2n) is 5.81. The molecule has 1 heterocycles. The molecule has 1 aromatic carbocycles. The molecule has 1 N–H and O–H groups in total. The minimum absolute atomic E-state index is 0.0892. The minimum Gasteiger partial charge on any atom is -0.491 e. The van der Waals surface area contributed by atoms with Crippen molar-refractivity contribution in [2.75, 3.05) is 26.7 Å². The number of carbonyl (C=O) groups is 1. The average molecular weight is 327 g/mol. The third kappa shape index (κ3) is 5.26. The molecular weight excluding hydrogens is 302 g/mol. The Bertz CT molecular complexity index is 659. The number of hydrogen-bond acceptors (Lipinski definition) is 3. The third-order valence-electron chi connectivity index (χ3n) is 4.02. The summed E-state index contributed by atoms with van der Waals surface area (Å²) in [7, 11) is 1.79. The highest BCUT2D eigenvalue weighted by molar-refractivity contribution is 5.73. The summed E-state index contributed by atoms with van der Waals surface area (Å²) in [4.78, 5) is 17.7. The van der Waals surface area contributed by atoms with E-state index in [1.807, 2.05) is 31.2 Å². The Morgan fingerprint density at radius 2 is 1.96 bits per heavy atom. The second-order valence-corrected chi connectivity index (χ2v) is 5.81. The highest BCUT2D eigenvalue weighted by Crippen LogP contribution is 2.20. The molecule has 2 rings (SSSR count). The largest absolute Gasteiger partial charge is 0.491 e. The lowest BCUT2D eigenvalue weighted by atomic mass is 10.1. The van der Waals surface area contributed by atoms with Gasteiger partial charge in [-0.25, -0.2) is 4.79 Å². The molecule has 1 aromatic heterocycles. The van der Waals surface area contributed by atoms with E-state index in [2.05, 4.69) is 23.3 Å². The summed E-state index contributed by atoms with van der Waals surface area (Å²) in [6.45, 7) is 5.69. The van der Waals surface area contributed by atoms with Crippen LogP contribution in [-0.2, 0) is 6.42 Å². The van der Waals surface area contributed by atoms with Crippen LogP contribution >= 0.6 is 0 Å². The third-order valence-corrected chi connectivity index (χ3v) is 4.02. The molecule has 0 fully saturated rings. The Hall–Kier alpha value is -2.56. The zero-order valence-electron chi connectivity index (χ0n) is 14.6. The van der Waals surface area contributed by atoms with Gasteiger partial charge in [0.1, 0.15) is 12.4 Å². The number of urea groups is 1. The lowest BCUT2D eigenvalue weighted by Crippen LogP contribution is -2.40. The number of aromatic nitrogens is 1. The number of likely N-dealkylation sites (N-methyl/N-ethyl adjacent to an activating group) is 1. The summed E-state index contributed by atoms with van der Waals surface area (Å²) in [5, 5.41) is 2.87. The number of amides is 2. The van der Waals surface area contributed by atoms with E-state index in [9.17, 15) is 4.79 Å². The van der Waals surface area contributed by atoms with E-state index in [1.165, 1.54) is 11.1 Å². The van der Waals surface area contributed by atoms with Crippen LogP contribution in [0.5, 0.6) is 5.75 Å². The minimum atomic E-state index is -0.0892. The molecule has 0 spiro atoms. The Morgan fingerprint density at radius 1 is 1.21 bits per heavy atom. The van der Waals surface area contributed by atoms with Crippen molar-refractivity contribution in [3.63, 3.8) is 0 Å². The van der Waals surface area contributed by atoms with Gasteiger partial charge in [0, 0.05) is 26.0 Å². The SMILES string of the molecule is Cc1cccc(OCCNC(=O)N(C)CCc2ccncc2)c1C. The first-order valence-corrected chi connectivity index (χ1v) is 8.15. The maximum Gasteiger partial charge on any atom is 0.317 e. The van der Waals surface area contributed by atoms with Crippen molar-refractivity contribution in [1.29, 1.82) is 0 Å². The highest BCUT2D eigenvalue weighted by Gasteiger charge is 2.08. The normalized spacial score (nSPS) is 10.3. The van der Waals surface area contributed by atoms with Gasteiger partial charge in [-0.15, -0.1) is 0 Å². The van der Waals surface area contributed by atoms with Crippen molar-refractivity contribution < 1.29 is 9.53 Å². The Balaban J connectivity index is 1.68. The molecule has 0 saturated carbocycles. The van der Waals surface area contributed by atoms with E-state index in [1.54, 1.807) is 24.3 Å². The monoisotopic (exact) mass is 327 g/mol. The number of nitrogens with one attached hydrogen (secondary N) is 1. The van der Waals surface area contributed by atoms with Gasteiger partial charge in [-0.2, -0.15) is 0 Å². The van der Waals surface area contributed by atoms with E-state index >= 15 is 0 Å². The average Bonchev–Trinajstić information content (AvgIpc) is 2.60. The van der Waals surface area contributed by atoms with Crippen LogP contribution in [-0.4, -0.2) is 42.7 Å². The van der Waals surface area contributed by atoms with Gasteiger partial charge in [-0.1, -0.05) is 12.1 Å². The fourth-order valence-electron chi connectivity index (χ4n) is 2.28. The van der Waals surface area contributed by atoms with Gasteiger partial charge in [0.15, 0.2) is 0 Å². The maximum absolute atomic E-state index is 12.0. The molecule has 24 heavy (non-hydrogen) atoms. The quantitative estimate of drug-likeness (QED) is 0.796. The molecule has 0 aliphatic rings. The summed E-state index contributed by atoms with van der Waals surface area (Å²) in [6.07, 6.45) is 4.34. The van der Waals surface area contributed by atoms with Crippen molar-refractivity contribution in [2.24, 2.45) is 0 Å². The zero-order chi connectivity index (χ0) is 17.4. The van der Waals surface area contributed by atoms with Gasteiger partial charge in [0.05, 0.1) is 6.54 Å². The molecule has 0 saturated heterocycles. The van der Waals surface area contributed by atoms with E-state index in [-0.39, 0.29) is 6.03 Å². The van der Waals surface area contributed by atoms with Gasteiger partial charge in [-0.05, 0) is 55.2 Å². The maximum atomic E-state index is 12.0. The summed E-state index contributed by atoms with van der Waals surface area (Å²) in [6, 6.07) is 9.82. The first kappa shape index (κ1) is 17.8. The smallest absolute Gasteiger partial charge is 0.317 e. The first-order valence-electron chi connectivity index (χ1n) is 8.15. The highest BCUT2D eigenvalue weighted by atomic mass is 16.5. The number of ether oxygens (including phenoxy) is 1. The zero-order valence-corrected chi connectivity index (χ0v) is 14.6. The van der Waals surface area contributed by atoms with Crippen LogP contribution in [0, 0.1) is 13.8 Å². The molecule has 0 aliphatic heterocycles. The number of hydrogen-bond donors (Lipinski definition) is 1.